The summed E-state index contributed by atoms with van der Waals surface area (Å²) in [7, 11) is 0. The summed E-state index contributed by atoms with van der Waals surface area (Å²) in [5, 5.41) is 11.8. The third-order valence-electron chi connectivity index (χ3n) is 3.58. The quantitative estimate of drug-likeness (QED) is 0.359. The molecule has 11 heteroatoms. The van der Waals surface area contributed by atoms with Crippen LogP contribution >= 0.6 is 23.1 Å². The standard InChI is InChI=1S/C19H18FN5O3S2/c1-2-28-15-6-4-3-5-14(15)21-18-24-25-19(30-18)29-11-16(26)22-23-17(27)12-7-9-13(20)10-8-12/h3-10H,2,11H2,1H3,(H,21,24)(H,22,26)(H,23,27). The molecule has 0 saturated heterocycles. The number of halogens is 1. The van der Waals surface area contributed by atoms with E-state index in [0.29, 0.717) is 21.8 Å². The molecular formula is C19H18FN5O3S2. The molecule has 3 rings (SSSR count). The van der Waals surface area contributed by atoms with Gasteiger partial charge in [0, 0.05) is 5.56 Å². The summed E-state index contributed by atoms with van der Waals surface area (Å²) in [5.74, 6) is -0.654. The van der Waals surface area contributed by atoms with Crippen LogP contribution in [0.25, 0.3) is 0 Å². The summed E-state index contributed by atoms with van der Waals surface area (Å²) in [4.78, 5) is 23.8. The number of hydrazine groups is 1. The first-order chi connectivity index (χ1) is 14.5. The van der Waals surface area contributed by atoms with Gasteiger partial charge >= 0.3 is 0 Å². The van der Waals surface area contributed by atoms with Crippen LogP contribution in [0, 0.1) is 5.82 Å². The maximum Gasteiger partial charge on any atom is 0.269 e. The van der Waals surface area contributed by atoms with E-state index in [-0.39, 0.29) is 11.3 Å². The summed E-state index contributed by atoms with van der Waals surface area (Å²) in [6, 6.07) is 12.5. The minimum absolute atomic E-state index is 0.0356. The molecule has 156 valence electrons. The summed E-state index contributed by atoms with van der Waals surface area (Å²) < 4.78 is 19.0. The third-order valence-corrected chi connectivity index (χ3v) is 5.56. The van der Waals surface area contributed by atoms with Crippen molar-refractivity contribution in [3.8, 4) is 5.75 Å². The van der Waals surface area contributed by atoms with Gasteiger partial charge in [-0.05, 0) is 43.3 Å². The fraction of sp³-hybridized carbons (Fsp3) is 0.158. The van der Waals surface area contributed by atoms with Crippen LogP contribution in [0.1, 0.15) is 17.3 Å². The number of carbonyl (C=O) groups is 2. The molecule has 0 unspecified atom stereocenters. The maximum absolute atomic E-state index is 12.9. The predicted molar refractivity (Wildman–Crippen MR) is 114 cm³/mol. The van der Waals surface area contributed by atoms with Gasteiger partial charge in [-0.1, -0.05) is 35.2 Å². The van der Waals surface area contributed by atoms with Gasteiger partial charge in [-0.25, -0.2) is 4.39 Å². The zero-order chi connectivity index (χ0) is 21.3. The normalized spacial score (nSPS) is 10.3. The molecule has 0 aliphatic rings. The highest BCUT2D eigenvalue weighted by atomic mass is 32.2. The van der Waals surface area contributed by atoms with Crippen molar-refractivity contribution in [2.24, 2.45) is 0 Å². The van der Waals surface area contributed by atoms with Gasteiger partial charge in [0.1, 0.15) is 11.6 Å². The molecule has 2 amide bonds. The average Bonchev–Trinajstić information content (AvgIpc) is 3.20. The van der Waals surface area contributed by atoms with Crippen LogP contribution in [0.15, 0.2) is 52.9 Å². The van der Waals surface area contributed by atoms with Gasteiger partial charge in [0.2, 0.25) is 11.0 Å². The number of para-hydroxylation sites is 2. The van der Waals surface area contributed by atoms with Crippen LogP contribution in [-0.2, 0) is 4.79 Å². The van der Waals surface area contributed by atoms with Crippen LogP contribution in [0.3, 0.4) is 0 Å². The number of hydrogen-bond acceptors (Lipinski definition) is 8. The first kappa shape index (κ1) is 21.5. The number of nitrogens with one attached hydrogen (secondary N) is 3. The minimum atomic E-state index is -0.538. The lowest BCUT2D eigenvalue weighted by Gasteiger charge is -2.09. The lowest BCUT2D eigenvalue weighted by atomic mass is 10.2. The summed E-state index contributed by atoms with van der Waals surface area (Å²) >= 11 is 2.47. The monoisotopic (exact) mass is 447 g/mol. The maximum atomic E-state index is 12.9. The molecule has 0 fully saturated rings. The molecule has 3 aromatic rings. The molecule has 0 aliphatic carbocycles. The number of amides is 2. The molecule has 0 atom stereocenters. The van der Waals surface area contributed by atoms with Crippen molar-refractivity contribution in [3.63, 3.8) is 0 Å². The number of rotatable bonds is 8. The van der Waals surface area contributed by atoms with E-state index in [0.717, 1.165) is 5.69 Å². The molecule has 0 aliphatic heterocycles. The van der Waals surface area contributed by atoms with Gasteiger partial charge in [0.05, 0.1) is 18.0 Å². The molecule has 1 heterocycles. The van der Waals surface area contributed by atoms with Crippen molar-refractivity contribution in [3.05, 3.63) is 59.9 Å². The molecule has 0 bridgehead atoms. The van der Waals surface area contributed by atoms with E-state index in [1.807, 2.05) is 31.2 Å². The Morgan fingerprint density at radius 3 is 2.63 bits per heavy atom. The predicted octanol–water partition coefficient (Wildman–Crippen LogP) is 3.37. The first-order valence-corrected chi connectivity index (χ1v) is 10.6. The lowest BCUT2D eigenvalue weighted by Crippen LogP contribution is -2.42. The SMILES string of the molecule is CCOc1ccccc1Nc1nnc(SCC(=O)NNC(=O)c2ccc(F)cc2)s1. The van der Waals surface area contributed by atoms with Crippen LogP contribution in [0.4, 0.5) is 15.2 Å². The van der Waals surface area contributed by atoms with E-state index < -0.39 is 17.6 Å². The van der Waals surface area contributed by atoms with Crippen LogP contribution in [-0.4, -0.2) is 34.4 Å². The number of carbonyl (C=O) groups excluding carboxylic acids is 2. The van der Waals surface area contributed by atoms with Crippen molar-refractivity contribution < 1.29 is 18.7 Å². The van der Waals surface area contributed by atoms with E-state index in [1.165, 1.54) is 47.4 Å². The summed E-state index contributed by atoms with van der Waals surface area (Å²) in [5.41, 5.74) is 5.59. The van der Waals surface area contributed by atoms with Gasteiger partial charge in [-0.15, -0.1) is 10.2 Å². The zero-order valence-corrected chi connectivity index (χ0v) is 17.5. The fourth-order valence-electron chi connectivity index (χ4n) is 2.25. The molecule has 0 spiro atoms. The second-order valence-corrected chi connectivity index (χ2v) is 7.93. The number of ether oxygens (including phenoxy) is 1. The topological polar surface area (TPSA) is 105 Å². The number of nitrogens with zero attached hydrogens (tertiary/aromatic N) is 2. The van der Waals surface area contributed by atoms with Crippen molar-refractivity contribution in [1.82, 2.24) is 21.0 Å². The molecular weight excluding hydrogens is 429 g/mol. The Hall–Kier alpha value is -3.18. The van der Waals surface area contributed by atoms with Crippen LogP contribution in [0.2, 0.25) is 0 Å². The fourth-order valence-corrected chi connectivity index (χ4v) is 3.81. The summed E-state index contributed by atoms with van der Waals surface area (Å²) in [6.45, 7) is 2.45. The van der Waals surface area contributed by atoms with Crippen molar-refractivity contribution in [2.45, 2.75) is 11.3 Å². The van der Waals surface area contributed by atoms with E-state index in [1.54, 1.807) is 0 Å². The number of hydrogen-bond donors (Lipinski definition) is 3. The third kappa shape index (κ3) is 6.16. The highest BCUT2D eigenvalue weighted by molar-refractivity contribution is 8.01. The Labute approximate surface area is 180 Å². The van der Waals surface area contributed by atoms with E-state index >= 15 is 0 Å². The number of anilines is 2. The Balaban J connectivity index is 1.46. The average molecular weight is 448 g/mol. The van der Waals surface area contributed by atoms with Gasteiger partial charge in [0.25, 0.3) is 5.91 Å². The van der Waals surface area contributed by atoms with Crippen LogP contribution < -0.4 is 20.9 Å². The summed E-state index contributed by atoms with van der Waals surface area (Å²) in [6.07, 6.45) is 0. The van der Waals surface area contributed by atoms with Crippen molar-refractivity contribution in [2.75, 3.05) is 17.7 Å². The highest BCUT2D eigenvalue weighted by Crippen LogP contribution is 2.31. The Morgan fingerprint density at radius 2 is 1.87 bits per heavy atom. The van der Waals surface area contributed by atoms with Gasteiger partial charge in [-0.3, -0.25) is 20.4 Å². The van der Waals surface area contributed by atoms with Gasteiger partial charge in [0.15, 0.2) is 4.34 Å². The number of benzene rings is 2. The largest absolute Gasteiger partial charge is 0.492 e. The second-order valence-electron chi connectivity index (χ2n) is 5.73. The smallest absolute Gasteiger partial charge is 0.269 e. The number of thioether (sulfide) groups is 1. The molecule has 0 saturated carbocycles. The van der Waals surface area contributed by atoms with E-state index in [4.69, 9.17) is 4.74 Å². The number of aromatic nitrogens is 2. The Bertz CT molecular complexity index is 1010. The lowest BCUT2D eigenvalue weighted by molar-refractivity contribution is -0.119. The molecule has 0 radical (unpaired) electrons. The second kappa shape index (κ2) is 10.6. The highest BCUT2D eigenvalue weighted by Gasteiger charge is 2.11. The minimum Gasteiger partial charge on any atom is -0.492 e. The van der Waals surface area contributed by atoms with E-state index in [2.05, 4.69) is 26.4 Å². The Morgan fingerprint density at radius 1 is 1.10 bits per heavy atom. The molecule has 8 nitrogen and oxygen atoms in total. The van der Waals surface area contributed by atoms with E-state index in [9.17, 15) is 14.0 Å². The van der Waals surface area contributed by atoms with Gasteiger partial charge in [-0.2, -0.15) is 0 Å². The van der Waals surface area contributed by atoms with Crippen molar-refractivity contribution >= 4 is 45.7 Å². The molecule has 2 aromatic carbocycles. The first-order valence-electron chi connectivity index (χ1n) is 8.85. The molecule has 1 aromatic heterocycles. The van der Waals surface area contributed by atoms with Crippen molar-refractivity contribution in [1.29, 1.82) is 0 Å². The van der Waals surface area contributed by atoms with Gasteiger partial charge < -0.3 is 10.1 Å². The Kier molecular flexibility index (Phi) is 7.57. The zero-order valence-electron chi connectivity index (χ0n) is 15.8. The molecule has 3 N–H and O–H groups in total. The van der Waals surface area contributed by atoms with Crippen LogP contribution in [0.5, 0.6) is 5.75 Å². The molecule has 30 heavy (non-hydrogen) atoms.